The number of rotatable bonds is 4. The molecule has 3 N–H and O–H groups in total. The molecule has 0 radical (unpaired) electrons. The number of para-hydroxylation sites is 1. The van der Waals surface area contributed by atoms with E-state index < -0.39 is 5.97 Å². The van der Waals surface area contributed by atoms with Crippen molar-refractivity contribution >= 4 is 22.7 Å². The lowest BCUT2D eigenvalue weighted by Crippen LogP contribution is -2.33. The van der Waals surface area contributed by atoms with E-state index in [0.717, 1.165) is 18.2 Å². The van der Waals surface area contributed by atoms with E-state index in [-0.39, 0.29) is 11.9 Å². The summed E-state index contributed by atoms with van der Waals surface area (Å²) in [5.41, 5.74) is 0.607. The minimum absolute atomic E-state index is 0.196. The maximum atomic E-state index is 11.1. The van der Waals surface area contributed by atoms with Gasteiger partial charge in [0.05, 0.1) is 11.6 Å². The van der Waals surface area contributed by atoms with Gasteiger partial charge in [0, 0.05) is 11.9 Å². The lowest BCUT2D eigenvalue weighted by molar-refractivity contribution is 0.0486. The van der Waals surface area contributed by atoms with Gasteiger partial charge in [0.1, 0.15) is 5.82 Å². The zero-order valence-corrected chi connectivity index (χ0v) is 10.8. The average molecular weight is 273 g/mol. The second kappa shape index (κ2) is 5.05. The van der Waals surface area contributed by atoms with Crippen LogP contribution in [0.2, 0.25) is 0 Å². The van der Waals surface area contributed by atoms with E-state index in [1.165, 1.54) is 0 Å². The van der Waals surface area contributed by atoms with E-state index in [0.29, 0.717) is 23.8 Å². The maximum Gasteiger partial charge on any atom is 0.374 e. The summed E-state index contributed by atoms with van der Waals surface area (Å²) in [4.78, 5) is 19.1. The predicted molar refractivity (Wildman–Crippen MR) is 73.7 cm³/mol. The summed E-state index contributed by atoms with van der Waals surface area (Å²) in [6.45, 7) is 0.678. The number of benzene rings is 1. The molecular formula is C14H15N3O3. The van der Waals surface area contributed by atoms with Crippen LogP contribution in [0.3, 0.4) is 0 Å². The molecule has 0 amide bonds. The Balaban J connectivity index is 1.89. The number of carbonyl (C=O) groups is 1. The van der Waals surface area contributed by atoms with Crippen LogP contribution in [0.5, 0.6) is 0 Å². The second-order valence-electron chi connectivity index (χ2n) is 5.09. The minimum atomic E-state index is -1.14. The molecule has 1 fully saturated rings. The van der Waals surface area contributed by atoms with Crippen LogP contribution in [-0.4, -0.2) is 38.8 Å². The topological polar surface area (TPSA) is 95.3 Å². The molecule has 2 aromatic rings. The molecule has 6 heteroatoms. The van der Waals surface area contributed by atoms with Gasteiger partial charge in [-0.05, 0) is 30.9 Å². The van der Waals surface area contributed by atoms with E-state index in [9.17, 15) is 9.90 Å². The number of carboxylic acids is 1. The molecule has 0 bridgehead atoms. The molecule has 0 saturated heterocycles. The first-order valence-corrected chi connectivity index (χ1v) is 6.55. The fourth-order valence-electron chi connectivity index (χ4n) is 2.42. The van der Waals surface area contributed by atoms with E-state index in [2.05, 4.69) is 15.3 Å². The second-order valence-corrected chi connectivity index (χ2v) is 5.09. The first-order valence-electron chi connectivity index (χ1n) is 6.55. The van der Waals surface area contributed by atoms with E-state index in [1.807, 2.05) is 18.2 Å². The fourth-order valence-corrected chi connectivity index (χ4v) is 2.42. The molecule has 6 nitrogen and oxygen atoms in total. The lowest BCUT2D eigenvalue weighted by Gasteiger charge is -2.31. The van der Waals surface area contributed by atoms with Gasteiger partial charge in [0.25, 0.3) is 0 Å². The number of carboxylic acid groups (broad SMARTS) is 1. The SMILES string of the molecule is O=C(O)c1nc(NCC2CC(O)C2)c2ccccc2n1. The van der Waals surface area contributed by atoms with Crippen LogP contribution >= 0.6 is 0 Å². The first kappa shape index (κ1) is 12.8. The number of nitrogens with one attached hydrogen (secondary N) is 1. The maximum absolute atomic E-state index is 11.1. The van der Waals surface area contributed by atoms with Crippen LogP contribution in [0.25, 0.3) is 10.9 Å². The van der Waals surface area contributed by atoms with Gasteiger partial charge >= 0.3 is 5.97 Å². The summed E-state index contributed by atoms with van der Waals surface area (Å²) in [5, 5.41) is 22.3. The Bertz CT molecular complexity index is 653. The number of aliphatic hydroxyl groups is 1. The van der Waals surface area contributed by atoms with Crippen LogP contribution in [0.4, 0.5) is 5.82 Å². The summed E-state index contributed by atoms with van der Waals surface area (Å²) >= 11 is 0. The summed E-state index contributed by atoms with van der Waals surface area (Å²) < 4.78 is 0. The summed E-state index contributed by atoms with van der Waals surface area (Å²) in [7, 11) is 0. The summed E-state index contributed by atoms with van der Waals surface area (Å²) in [6, 6.07) is 7.30. The Hall–Kier alpha value is -2.21. The van der Waals surface area contributed by atoms with Crippen molar-refractivity contribution in [1.82, 2.24) is 9.97 Å². The highest BCUT2D eigenvalue weighted by molar-refractivity contribution is 5.93. The first-order chi connectivity index (χ1) is 9.63. The average Bonchev–Trinajstić information content (AvgIpc) is 2.41. The Morgan fingerprint density at radius 2 is 2.05 bits per heavy atom. The van der Waals surface area contributed by atoms with Crippen LogP contribution in [0.15, 0.2) is 24.3 Å². The van der Waals surface area contributed by atoms with Crippen molar-refractivity contribution < 1.29 is 15.0 Å². The largest absolute Gasteiger partial charge is 0.475 e. The van der Waals surface area contributed by atoms with E-state index in [4.69, 9.17) is 5.11 Å². The molecule has 1 aromatic carbocycles. The van der Waals surface area contributed by atoms with Crippen LogP contribution in [0.1, 0.15) is 23.5 Å². The molecule has 1 heterocycles. The number of aromatic carboxylic acids is 1. The number of fused-ring (bicyclic) bond motifs is 1. The standard InChI is InChI=1S/C14H15N3O3/c18-9-5-8(6-9)7-15-12-10-3-1-2-4-11(10)16-13(17-12)14(19)20/h1-4,8-9,18H,5-7H2,(H,19,20)(H,15,16,17). The van der Waals surface area contributed by atoms with Gasteiger partial charge in [-0.1, -0.05) is 12.1 Å². The molecule has 0 spiro atoms. The van der Waals surface area contributed by atoms with Crippen LogP contribution < -0.4 is 5.32 Å². The summed E-state index contributed by atoms with van der Waals surface area (Å²) in [6.07, 6.45) is 1.36. The van der Waals surface area contributed by atoms with Crippen molar-refractivity contribution in [3.8, 4) is 0 Å². The third kappa shape index (κ3) is 2.42. The molecule has 1 aliphatic rings. The molecule has 104 valence electrons. The van der Waals surface area contributed by atoms with Crippen molar-refractivity contribution in [2.45, 2.75) is 18.9 Å². The number of anilines is 1. The van der Waals surface area contributed by atoms with Crippen molar-refractivity contribution in [3.05, 3.63) is 30.1 Å². The molecule has 0 aliphatic heterocycles. The highest BCUT2D eigenvalue weighted by Crippen LogP contribution is 2.28. The Kier molecular flexibility index (Phi) is 3.23. The van der Waals surface area contributed by atoms with Gasteiger partial charge < -0.3 is 15.5 Å². The zero-order chi connectivity index (χ0) is 14.1. The highest BCUT2D eigenvalue weighted by atomic mass is 16.4. The van der Waals surface area contributed by atoms with Gasteiger partial charge in [-0.25, -0.2) is 14.8 Å². The quantitative estimate of drug-likeness (QED) is 0.781. The fraction of sp³-hybridized carbons (Fsp3) is 0.357. The molecule has 1 aliphatic carbocycles. The zero-order valence-electron chi connectivity index (χ0n) is 10.8. The van der Waals surface area contributed by atoms with E-state index >= 15 is 0 Å². The van der Waals surface area contributed by atoms with Gasteiger partial charge in [0.15, 0.2) is 0 Å². The number of aliphatic hydroxyl groups excluding tert-OH is 1. The Morgan fingerprint density at radius 3 is 2.75 bits per heavy atom. The molecule has 0 atom stereocenters. The molecular weight excluding hydrogens is 258 g/mol. The Morgan fingerprint density at radius 1 is 1.30 bits per heavy atom. The van der Waals surface area contributed by atoms with Crippen molar-refractivity contribution in [1.29, 1.82) is 0 Å². The smallest absolute Gasteiger partial charge is 0.374 e. The molecule has 1 saturated carbocycles. The monoisotopic (exact) mass is 273 g/mol. The van der Waals surface area contributed by atoms with Crippen molar-refractivity contribution in [2.75, 3.05) is 11.9 Å². The normalized spacial score (nSPS) is 21.4. The van der Waals surface area contributed by atoms with Gasteiger partial charge in [-0.15, -0.1) is 0 Å². The predicted octanol–water partition coefficient (Wildman–Crippen LogP) is 1.51. The van der Waals surface area contributed by atoms with Gasteiger partial charge in [-0.3, -0.25) is 0 Å². The number of hydrogen-bond donors (Lipinski definition) is 3. The number of nitrogens with zero attached hydrogens (tertiary/aromatic N) is 2. The number of aromatic nitrogens is 2. The molecule has 1 aromatic heterocycles. The van der Waals surface area contributed by atoms with Crippen molar-refractivity contribution in [2.24, 2.45) is 5.92 Å². The van der Waals surface area contributed by atoms with Crippen LogP contribution in [-0.2, 0) is 0 Å². The molecule has 3 rings (SSSR count). The van der Waals surface area contributed by atoms with Gasteiger partial charge in [-0.2, -0.15) is 0 Å². The van der Waals surface area contributed by atoms with Crippen molar-refractivity contribution in [3.63, 3.8) is 0 Å². The number of hydrogen-bond acceptors (Lipinski definition) is 5. The third-order valence-electron chi connectivity index (χ3n) is 3.56. The van der Waals surface area contributed by atoms with E-state index in [1.54, 1.807) is 6.07 Å². The van der Waals surface area contributed by atoms with Crippen LogP contribution in [0, 0.1) is 5.92 Å². The van der Waals surface area contributed by atoms with Gasteiger partial charge in [0.2, 0.25) is 5.82 Å². The summed E-state index contributed by atoms with van der Waals surface area (Å²) in [5.74, 6) is -0.404. The molecule has 20 heavy (non-hydrogen) atoms. The molecule has 0 unspecified atom stereocenters. The Labute approximate surface area is 115 Å². The highest BCUT2D eigenvalue weighted by Gasteiger charge is 2.27. The minimum Gasteiger partial charge on any atom is -0.475 e. The third-order valence-corrected chi connectivity index (χ3v) is 3.56. The lowest BCUT2D eigenvalue weighted by atomic mass is 9.82.